The van der Waals surface area contributed by atoms with E-state index in [1.54, 1.807) is 6.08 Å². The van der Waals surface area contributed by atoms with Gasteiger partial charge in [0, 0.05) is 12.8 Å². The average molecular weight is 793 g/mol. The zero-order valence-corrected chi connectivity index (χ0v) is 35.6. The van der Waals surface area contributed by atoms with Gasteiger partial charge in [-0.05, 0) is 64.2 Å². The number of nitrogens with zero attached hydrogens (tertiary/aromatic N) is 1. The van der Waals surface area contributed by atoms with E-state index in [1.165, 1.54) is 12.8 Å². The number of quaternary nitrogens is 1. The Bertz CT molecular complexity index is 1230. The first kappa shape index (κ1) is 52.2. The Kier molecular flexibility index (Phi) is 33.7. The van der Waals surface area contributed by atoms with Gasteiger partial charge in [-0.1, -0.05) is 131 Å². The minimum atomic E-state index is -4.41. The highest BCUT2D eigenvalue weighted by atomic mass is 31.2. The summed E-state index contributed by atoms with van der Waals surface area (Å²) in [6.45, 7) is 4.05. The molecule has 314 valence electrons. The van der Waals surface area contributed by atoms with E-state index in [1.807, 2.05) is 69.8 Å². The lowest BCUT2D eigenvalue weighted by Crippen LogP contribution is -2.37. The first-order chi connectivity index (χ1) is 26.4. The van der Waals surface area contributed by atoms with Crippen LogP contribution in [-0.2, 0) is 32.7 Å². The van der Waals surface area contributed by atoms with Crippen LogP contribution in [0, 0.1) is 0 Å². The smallest absolute Gasteiger partial charge is 0.462 e. The molecule has 0 aliphatic rings. The zero-order chi connectivity index (χ0) is 40.9. The fraction of sp³-hybridized carbons (Fsp3) is 0.636. The first-order valence-electron chi connectivity index (χ1n) is 20.4. The minimum Gasteiger partial charge on any atom is -0.462 e. The Morgan fingerprint density at radius 2 is 1.29 bits per heavy atom. The van der Waals surface area contributed by atoms with Gasteiger partial charge in [0.15, 0.2) is 6.10 Å². The van der Waals surface area contributed by atoms with Crippen molar-refractivity contribution in [2.75, 3.05) is 47.5 Å². The van der Waals surface area contributed by atoms with Gasteiger partial charge in [-0.25, -0.2) is 4.57 Å². The van der Waals surface area contributed by atoms with Crippen molar-refractivity contribution in [1.29, 1.82) is 0 Å². The van der Waals surface area contributed by atoms with Crippen molar-refractivity contribution in [2.24, 2.45) is 0 Å². The molecule has 11 heteroatoms. The second kappa shape index (κ2) is 35.6. The highest BCUT2D eigenvalue weighted by Gasteiger charge is 2.27. The van der Waals surface area contributed by atoms with E-state index >= 15 is 0 Å². The molecule has 2 N–H and O–H groups in total. The summed E-state index contributed by atoms with van der Waals surface area (Å²) in [5, 5.41) is 10.0. The number of hydrogen-bond donors (Lipinski definition) is 2. The first-order valence-corrected chi connectivity index (χ1v) is 21.9. The molecule has 0 aromatic heterocycles. The number of unbranched alkanes of at least 4 members (excludes halogenated alkanes) is 7. The second-order valence-corrected chi connectivity index (χ2v) is 15.9. The number of carbonyl (C=O) groups is 2. The second-order valence-electron chi connectivity index (χ2n) is 14.5. The monoisotopic (exact) mass is 793 g/mol. The van der Waals surface area contributed by atoms with Crippen molar-refractivity contribution in [3.05, 3.63) is 85.1 Å². The zero-order valence-electron chi connectivity index (χ0n) is 34.7. The quantitative estimate of drug-likeness (QED) is 0.0161. The van der Waals surface area contributed by atoms with Gasteiger partial charge in [-0.3, -0.25) is 18.6 Å². The molecular formula is C44H75NO9P+. The minimum absolute atomic E-state index is 0.00307. The van der Waals surface area contributed by atoms with Gasteiger partial charge in [0.25, 0.3) is 0 Å². The summed E-state index contributed by atoms with van der Waals surface area (Å²) >= 11 is 0. The number of esters is 2. The molecular weight excluding hydrogens is 717 g/mol. The van der Waals surface area contributed by atoms with E-state index in [-0.39, 0.29) is 26.1 Å². The van der Waals surface area contributed by atoms with Crippen LogP contribution in [0.2, 0.25) is 0 Å². The van der Waals surface area contributed by atoms with E-state index in [2.05, 4.69) is 44.2 Å². The molecule has 0 aromatic carbocycles. The number of phosphoric ester groups is 1. The average Bonchev–Trinajstić information content (AvgIpc) is 3.13. The normalized spacial score (nSPS) is 15.1. The van der Waals surface area contributed by atoms with E-state index < -0.39 is 38.6 Å². The lowest BCUT2D eigenvalue weighted by Gasteiger charge is -2.24. The largest absolute Gasteiger partial charge is 0.472 e. The summed E-state index contributed by atoms with van der Waals surface area (Å²) in [6, 6.07) is 0. The third-order valence-corrected chi connectivity index (χ3v) is 8.99. The van der Waals surface area contributed by atoms with Gasteiger partial charge in [0.05, 0.1) is 33.9 Å². The molecule has 0 saturated heterocycles. The Labute approximate surface area is 333 Å². The van der Waals surface area contributed by atoms with Crippen molar-refractivity contribution < 1.29 is 47.2 Å². The molecule has 0 fully saturated rings. The molecule has 0 rings (SSSR count). The number of ether oxygens (including phenoxy) is 2. The SMILES string of the molecule is CC/C=C\C/C=C\CC(O)/C=C/C=C\C/C=C\C/C=C\CCC(=O)O[C@H](COC(=O)CCCCCCC/C=C\CCCC)COP(=O)(O)OCC[N+](C)(C)C. The van der Waals surface area contributed by atoms with Gasteiger partial charge in [0.1, 0.15) is 19.8 Å². The van der Waals surface area contributed by atoms with Crippen LogP contribution in [0.5, 0.6) is 0 Å². The number of carbonyl (C=O) groups excluding carboxylic acids is 2. The summed E-state index contributed by atoms with van der Waals surface area (Å²) < 4.78 is 34.0. The summed E-state index contributed by atoms with van der Waals surface area (Å²) in [4.78, 5) is 35.2. The van der Waals surface area contributed by atoms with Crippen LogP contribution in [0.3, 0.4) is 0 Å². The molecule has 0 radical (unpaired) electrons. The molecule has 3 atom stereocenters. The van der Waals surface area contributed by atoms with Gasteiger partial charge >= 0.3 is 19.8 Å². The molecule has 0 saturated carbocycles. The molecule has 55 heavy (non-hydrogen) atoms. The lowest BCUT2D eigenvalue weighted by molar-refractivity contribution is -0.870. The lowest BCUT2D eigenvalue weighted by atomic mass is 10.1. The van der Waals surface area contributed by atoms with Crippen LogP contribution in [0.25, 0.3) is 0 Å². The predicted molar refractivity (Wildman–Crippen MR) is 225 cm³/mol. The number of aliphatic hydroxyl groups is 1. The highest BCUT2D eigenvalue weighted by molar-refractivity contribution is 7.47. The molecule has 0 spiro atoms. The van der Waals surface area contributed by atoms with Crippen LogP contribution < -0.4 is 0 Å². The van der Waals surface area contributed by atoms with Crippen molar-refractivity contribution in [2.45, 2.75) is 135 Å². The fourth-order valence-corrected chi connectivity index (χ4v) is 5.49. The Morgan fingerprint density at radius 1 is 0.673 bits per heavy atom. The van der Waals surface area contributed by atoms with E-state index in [9.17, 15) is 24.2 Å². The van der Waals surface area contributed by atoms with Gasteiger partial charge < -0.3 is 24.0 Å². The van der Waals surface area contributed by atoms with Gasteiger partial charge in [0.2, 0.25) is 0 Å². The number of likely N-dealkylation sites (N-methyl/N-ethyl adjacent to an activating group) is 1. The van der Waals surface area contributed by atoms with E-state index in [4.69, 9.17) is 18.5 Å². The third kappa shape index (κ3) is 39.2. The van der Waals surface area contributed by atoms with Crippen LogP contribution in [-0.4, -0.2) is 86.1 Å². The van der Waals surface area contributed by atoms with Crippen LogP contribution in [0.4, 0.5) is 0 Å². The standard InChI is InChI=1S/C44H74NO9P/c1-6-8-10-12-14-15-16-20-23-27-31-35-43(47)51-39-42(40-53-55(49,50)52-38-37-45(3,4)5)54-44(48)36-32-28-24-21-18-17-19-22-26-30-34-41(46)33-29-25-13-11-9-7-2/h9,11-12,14,17-18,22,24-26,28-30,34,41-42,46H,6-8,10,13,15-16,19-21,23,27,31-33,35-40H2,1-5H3/p+1/b11-9-,14-12-,18-17-,26-22-,28-24-,29-25-,34-30+/t41?,42-/m1/s1. The summed E-state index contributed by atoms with van der Waals surface area (Å²) in [5.74, 6) is -0.949. The summed E-state index contributed by atoms with van der Waals surface area (Å²) in [6.07, 6.45) is 41.1. The highest BCUT2D eigenvalue weighted by Crippen LogP contribution is 2.43. The molecule has 10 nitrogen and oxygen atoms in total. The van der Waals surface area contributed by atoms with Crippen molar-refractivity contribution in [3.8, 4) is 0 Å². The van der Waals surface area contributed by atoms with Gasteiger partial charge in [-0.15, -0.1) is 0 Å². The molecule has 2 unspecified atom stereocenters. The predicted octanol–water partition coefficient (Wildman–Crippen LogP) is 10.2. The molecule has 0 aliphatic carbocycles. The van der Waals surface area contributed by atoms with Crippen LogP contribution in [0.1, 0.15) is 123 Å². The van der Waals surface area contributed by atoms with Crippen LogP contribution >= 0.6 is 7.82 Å². The third-order valence-electron chi connectivity index (χ3n) is 8.00. The molecule has 0 bridgehead atoms. The van der Waals surface area contributed by atoms with Crippen molar-refractivity contribution in [3.63, 3.8) is 0 Å². The fourth-order valence-electron chi connectivity index (χ4n) is 4.75. The maximum atomic E-state index is 12.6. The summed E-state index contributed by atoms with van der Waals surface area (Å²) in [5.41, 5.74) is 0. The molecule has 0 amide bonds. The topological polar surface area (TPSA) is 129 Å². The maximum Gasteiger partial charge on any atom is 0.472 e. The Hall–Kier alpha value is -2.85. The number of allylic oxidation sites excluding steroid dienone is 12. The number of rotatable bonds is 35. The molecule has 0 aromatic rings. The number of aliphatic hydroxyl groups excluding tert-OH is 1. The Morgan fingerprint density at radius 3 is 2.00 bits per heavy atom. The molecule has 0 aliphatic heterocycles. The van der Waals surface area contributed by atoms with Crippen molar-refractivity contribution >= 4 is 19.8 Å². The Balaban J connectivity index is 4.62. The number of hydrogen-bond acceptors (Lipinski definition) is 8. The maximum absolute atomic E-state index is 12.6. The molecule has 0 heterocycles. The van der Waals surface area contributed by atoms with E-state index in [0.717, 1.165) is 57.8 Å². The van der Waals surface area contributed by atoms with E-state index in [0.29, 0.717) is 36.7 Å². The number of phosphoric acid groups is 1. The van der Waals surface area contributed by atoms with Gasteiger partial charge in [-0.2, -0.15) is 0 Å². The summed E-state index contributed by atoms with van der Waals surface area (Å²) in [7, 11) is 1.38. The van der Waals surface area contributed by atoms with Crippen molar-refractivity contribution in [1.82, 2.24) is 0 Å². The van der Waals surface area contributed by atoms with Crippen LogP contribution in [0.15, 0.2) is 85.1 Å².